The van der Waals surface area contributed by atoms with Crippen molar-refractivity contribution in [1.82, 2.24) is 19.4 Å². The minimum Gasteiger partial charge on any atom is -0.448 e. The molecule has 5 aromatic rings. The van der Waals surface area contributed by atoms with E-state index in [9.17, 15) is 9.59 Å². The van der Waals surface area contributed by atoms with E-state index in [0.717, 1.165) is 34.8 Å². The van der Waals surface area contributed by atoms with Crippen molar-refractivity contribution >= 4 is 43.9 Å². The van der Waals surface area contributed by atoms with Gasteiger partial charge in [-0.05, 0) is 81.9 Å². The molecule has 0 spiro atoms. The van der Waals surface area contributed by atoms with Crippen LogP contribution in [0.5, 0.6) is 0 Å². The smallest absolute Gasteiger partial charge is 0.297 e. The number of nitrogens with zero attached hydrogens (tertiary/aromatic N) is 4. The number of aromatic nitrogens is 2. The number of carbonyl (C=O) groups is 1. The van der Waals surface area contributed by atoms with E-state index in [1.807, 2.05) is 90.7 Å². The van der Waals surface area contributed by atoms with Crippen molar-refractivity contribution in [3.8, 4) is 0 Å². The topological polar surface area (TPSA) is 71.6 Å². The summed E-state index contributed by atoms with van der Waals surface area (Å²) in [5.41, 5.74) is 2.72. The molecule has 3 aromatic carbocycles. The number of amides is 1. The second-order valence-corrected chi connectivity index (χ2v) is 11.5. The molecule has 0 N–H and O–H groups in total. The first-order chi connectivity index (χ1) is 19.9. The molecule has 7 nitrogen and oxygen atoms in total. The van der Waals surface area contributed by atoms with Crippen LogP contribution in [0.25, 0.3) is 22.1 Å². The monoisotopic (exact) mass is 614 g/mol. The molecule has 212 valence electrons. The summed E-state index contributed by atoms with van der Waals surface area (Å²) in [6, 6.07) is 24.4. The largest absolute Gasteiger partial charge is 0.448 e. The summed E-state index contributed by atoms with van der Waals surface area (Å²) in [4.78, 5) is 37.4. The van der Waals surface area contributed by atoms with Gasteiger partial charge in [-0.1, -0.05) is 65.3 Å². The summed E-state index contributed by atoms with van der Waals surface area (Å²) in [6.45, 7) is 3.85. The number of unbranched alkanes of at least 4 members (excludes halogenated alkanes) is 1. The molecule has 0 aliphatic rings. The van der Waals surface area contributed by atoms with Crippen molar-refractivity contribution in [2.75, 3.05) is 27.2 Å². The summed E-state index contributed by atoms with van der Waals surface area (Å²) in [5, 5.41) is 0.791. The highest BCUT2D eigenvalue weighted by molar-refractivity contribution is 9.10. The first kappa shape index (κ1) is 28.8. The minimum absolute atomic E-state index is 0.0770. The van der Waals surface area contributed by atoms with Crippen molar-refractivity contribution in [3.05, 3.63) is 111 Å². The van der Waals surface area contributed by atoms with E-state index in [2.05, 4.69) is 34.9 Å². The Labute approximate surface area is 248 Å². The molecule has 2 aromatic heterocycles. The van der Waals surface area contributed by atoms with Crippen molar-refractivity contribution in [1.29, 1.82) is 0 Å². The lowest BCUT2D eigenvalue weighted by Gasteiger charge is -2.32. The van der Waals surface area contributed by atoms with Gasteiger partial charge in [-0.2, -0.15) is 0 Å². The lowest BCUT2D eigenvalue weighted by Crippen LogP contribution is -2.39. The Bertz CT molecular complexity index is 1690. The molecule has 5 rings (SSSR count). The zero-order valence-electron chi connectivity index (χ0n) is 23.7. The van der Waals surface area contributed by atoms with Gasteiger partial charge in [0.25, 0.3) is 11.5 Å². The van der Waals surface area contributed by atoms with Crippen molar-refractivity contribution < 1.29 is 9.21 Å². The van der Waals surface area contributed by atoms with Gasteiger partial charge >= 0.3 is 0 Å². The van der Waals surface area contributed by atoms with Gasteiger partial charge < -0.3 is 14.2 Å². The minimum atomic E-state index is -0.417. The van der Waals surface area contributed by atoms with Gasteiger partial charge in [0.1, 0.15) is 16.9 Å². The molecule has 0 aliphatic heterocycles. The van der Waals surface area contributed by atoms with Crippen LogP contribution in [0, 0.1) is 0 Å². The van der Waals surface area contributed by atoms with E-state index in [0.29, 0.717) is 42.0 Å². The number of halogens is 1. The number of fused-ring (bicyclic) bond motifs is 3. The lowest BCUT2D eigenvalue weighted by atomic mass is 10.1. The normalized spacial score (nSPS) is 12.3. The number of benzene rings is 3. The number of rotatable bonds is 11. The maximum absolute atomic E-state index is 14.1. The molecule has 0 bridgehead atoms. The van der Waals surface area contributed by atoms with Gasteiger partial charge in [-0.3, -0.25) is 14.2 Å². The first-order valence-corrected chi connectivity index (χ1v) is 14.8. The van der Waals surface area contributed by atoms with Gasteiger partial charge in [0, 0.05) is 22.0 Å². The van der Waals surface area contributed by atoms with Crippen LogP contribution in [0.3, 0.4) is 0 Å². The van der Waals surface area contributed by atoms with Gasteiger partial charge in [0.2, 0.25) is 5.58 Å². The van der Waals surface area contributed by atoms with E-state index < -0.39 is 6.04 Å². The molecular formula is C33H35BrN4O3. The lowest BCUT2D eigenvalue weighted by molar-refractivity contribution is 0.0651. The standard InChI is InChI=1S/C33H35BrN4O3/c1-4-27(37(21-11-10-20-36(2)3)32(39)24-16-18-25(34)19-17-24)31-35-29-26-14-8-9-15-28(26)41-30(29)33(40)38(31)22-23-12-6-5-7-13-23/h5-9,12-19,27H,4,10-11,20-22H2,1-3H3. The van der Waals surface area contributed by atoms with Crippen LogP contribution in [0.4, 0.5) is 0 Å². The summed E-state index contributed by atoms with van der Waals surface area (Å²) in [6.07, 6.45) is 2.37. The van der Waals surface area contributed by atoms with E-state index in [1.54, 1.807) is 4.57 Å². The van der Waals surface area contributed by atoms with Gasteiger partial charge in [0.15, 0.2) is 0 Å². The van der Waals surface area contributed by atoms with E-state index in [-0.39, 0.29) is 17.0 Å². The Morgan fingerprint density at radius 2 is 1.63 bits per heavy atom. The number of carbonyl (C=O) groups excluding carboxylic acids is 1. The highest BCUT2D eigenvalue weighted by Gasteiger charge is 2.30. The molecule has 8 heteroatoms. The zero-order valence-corrected chi connectivity index (χ0v) is 25.3. The Kier molecular flexibility index (Phi) is 9.00. The number of para-hydroxylation sites is 1. The Hall–Kier alpha value is -3.75. The third kappa shape index (κ3) is 6.29. The fourth-order valence-corrected chi connectivity index (χ4v) is 5.54. The summed E-state index contributed by atoms with van der Waals surface area (Å²) >= 11 is 3.48. The maximum atomic E-state index is 14.1. The Morgan fingerprint density at radius 3 is 2.34 bits per heavy atom. The molecule has 0 aliphatic carbocycles. The SMILES string of the molecule is CCC(c1nc2c(oc3ccccc32)c(=O)n1Cc1ccccc1)N(CCCCN(C)C)C(=O)c1ccc(Br)cc1. The maximum Gasteiger partial charge on any atom is 0.297 e. The van der Waals surface area contributed by atoms with Crippen LogP contribution >= 0.6 is 15.9 Å². The number of hydrogen-bond acceptors (Lipinski definition) is 5. The molecular weight excluding hydrogens is 580 g/mol. The predicted octanol–water partition coefficient (Wildman–Crippen LogP) is 6.89. The van der Waals surface area contributed by atoms with E-state index in [1.165, 1.54) is 0 Å². The van der Waals surface area contributed by atoms with Crippen molar-refractivity contribution in [2.24, 2.45) is 0 Å². The van der Waals surface area contributed by atoms with E-state index in [4.69, 9.17) is 9.40 Å². The summed E-state index contributed by atoms with van der Waals surface area (Å²) < 4.78 is 8.64. The van der Waals surface area contributed by atoms with Gasteiger partial charge in [0.05, 0.1) is 12.6 Å². The van der Waals surface area contributed by atoms with Crippen LogP contribution in [0.2, 0.25) is 0 Å². The molecule has 0 fully saturated rings. The first-order valence-electron chi connectivity index (χ1n) is 14.0. The van der Waals surface area contributed by atoms with Crippen molar-refractivity contribution in [3.63, 3.8) is 0 Å². The molecule has 2 heterocycles. The highest BCUT2D eigenvalue weighted by atomic mass is 79.9. The molecule has 1 atom stereocenters. The molecule has 0 radical (unpaired) electrons. The molecule has 0 saturated carbocycles. The van der Waals surface area contributed by atoms with Crippen LogP contribution < -0.4 is 5.56 Å². The summed E-state index contributed by atoms with van der Waals surface area (Å²) in [5.74, 6) is 0.491. The van der Waals surface area contributed by atoms with E-state index >= 15 is 0 Å². The second kappa shape index (κ2) is 12.8. The molecule has 41 heavy (non-hydrogen) atoms. The number of furan rings is 1. The molecule has 0 saturated heterocycles. The van der Waals surface area contributed by atoms with Gasteiger partial charge in [-0.15, -0.1) is 0 Å². The Morgan fingerprint density at radius 1 is 0.951 bits per heavy atom. The third-order valence-electron chi connectivity index (χ3n) is 7.36. The fraction of sp³-hybridized carbons (Fsp3) is 0.303. The second-order valence-electron chi connectivity index (χ2n) is 10.6. The molecule has 1 unspecified atom stereocenters. The summed E-state index contributed by atoms with van der Waals surface area (Å²) in [7, 11) is 4.10. The number of hydrogen-bond donors (Lipinski definition) is 0. The average molecular weight is 616 g/mol. The quantitative estimate of drug-likeness (QED) is 0.151. The van der Waals surface area contributed by atoms with Crippen LogP contribution in [-0.2, 0) is 6.54 Å². The predicted molar refractivity (Wildman–Crippen MR) is 167 cm³/mol. The van der Waals surface area contributed by atoms with Crippen LogP contribution in [0.15, 0.2) is 92.5 Å². The van der Waals surface area contributed by atoms with Crippen molar-refractivity contribution in [2.45, 2.75) is 38.8 Å². The molecule has 1 amide bonds. The van der Waals surface area contributed by atoms with Crippen LogP contribution in [-0.4, -0.2) is 52.4 Å². The highest BCUT2D eigenvalue weighted by Crippen LogP contribution is 2.30. The van der Waals surface area contributed by atoms with Gasteiger partial charge in [-0.25, -0.2) is 4.98 Å². The Balaban J connectivity index is 1.66. The third-order valence-corrected chi connectivity index (χ3v) is 7.89. The average Bonchev–Trinajstić information content (AvgIpc) is 3.36. The fourth-order valence-electron chi connectivity index (χ4n) is 5.27. The zero-order chi connectivity index (χ0) is 28.9. The van der Waals surface area contributed by atoms with Crippen LogP contribution in [0.1, 0.15) is 54.0 Å².